The molecule has 0 aromatic heterocycles. The molecular formula is C50H74F4O. The molecule has 2 atom stereocenters. The van der Waals surface area contributed by atoms with Crippen molar-refractivity contribution < 1.29 is 22.3 Å². The summed E-state index contributed by atoms with van der Waals surface area (Å²) in [5.74, 6) is 1.74. The highest BCUT2D eigenvalue weighted by atomic mass is 19.2. The maximum Gasteiger partial charge on any atom is 0.159 e. The summed E-state index contributed by atoms with van der Waals surface area (Å²) in [6.07, 6.45) is 32.1. The Bertz CT molecular complexity index is 1290. The molecule has 6 rings (SSSR count). The van der Waals surface area contributed by atoms with Crippen LogP contribution < -0.4 is 0 Å². The van der Waals surface area contributed by atoms with Gasteiger partial charge in [-0.3, -0.25) is 0 Å². The van der Waals surface area contributed by atoms with Crippen LogP contribution in [0.25, 0.3) is 0 Å². The van der Waals surface area contributed by atoms with Gasteiger partial charge in [0.2, 0.25) is 0 Å². The van der Waals surface area contributed by atoms with Crippen LogP contribution in [0.4, 0.5) is 17.6 Å². The van der Waals surface area contributed by atoms with Gasteiger partial charge < -0.3 is 4.74 Å². The van der Waals surface area contributed by atoms with Crippen molar-refractivity contribution in [3.63, 3.8) is 0 Å². The quantitative estimate of drug-likeness (QED) is 0.108. The predicted molar refractivity (Wildman–Crippen MR) is 219 cm³/mol. The van der Waals surface area contributed by atoms with E-state index in [9.17, 15) is 17.6 Å². The van der Waals surface area contributed by atoms with Gasteiger partial charge >= 0.3 is 0 Å². The lowest BCUT2D eigenvalue weighted by molar-refractivity contribution is -0.0937. The first kappa shape index (κ1) is 42.7. The molecule has 0 aliphatic heterocycles. The van der Waals surface area contributed by atoms with Crippen molar-refractivity contribution >= 4 is 0 Å². The minimum absolute atomic E-state index is 0.164. The Balaban J connectivity index is 1.11. The highest BCUT2D eigenvalue weighted by Gasteiger charge is 2.39. The molecule has 0 radical (unpaired) electrons. The van der Waals surface area contributed by atoms with Gasteiger partial charge in [-0.05, 0) is 160 Å². The van der Waals surface area contributed by atoms with E-state index < -0.39 is 35.5 Å². The molecule has 2 aromatic rings. The lowest BCUT2D eigenvalue weighted by Crippen LogP contribution is -2.31. The summed E-state index contributed by atoms with van der Waals surface area (Å²) in [4.78, 5) is 0. The van der Waals surface area contributed by atoms with E-state index in [1.165, 1.54) is 140 Å². The van der Waals surface area contributed by atoms with Crippen LogP contribution in [0.5, 0.6) is 0 Å². The Kier molecular flexibility index (Phi) is 16.9. The molecule has 2 aromatic carbocycles. The van der Waals surface area contributed by atoms with E-state index in [2.05, 4.69) is 13.8 Å². The van der Waals surface area contributed by atoms with Crippen LogP contribution in [0, 0.1) is 70.6 Å². The summed E-state index contributed by atoms with van der Waals surface area (Å²) in [7, 11) is 0. The standard InChI is InChI=1S/C50H74F4O/c1-3-5-7-9-11-35-13-17-37(18-14-35)39-21-25-41(26-22-39)49(43-29-31-45(51)47(53)33-43)55-50(44-30-32-46(52)48(54)34-44)42-27-23-40(24-28-42)38-19-15-36(16-20-38)12-10-8-6-4-2/h29-42,49-50H,3-28H2,1-2H3. The third-order valence-corrected chi connectivity index (χ3v) is 15.4. The fraction of sp³-hybridized carbons (Fsp3) is 0.760. The van der Waals surface area contributed by atoms with Crippen molar-refractivity contribution in [2.75, 3.05) is 0 Å². The number of rotatable bonds is 18. The molecule has 55 heavy (non-hydrogen) atoms. The zero-order valence-electron chi connectivity index (χ0n) is 34.5. The lowest BCUT2D eigenvalue weighted by Gasteiger charge is -2.43. The zero-order valence-corrected chi connectivity index (χ0v) is 34.5. The third kappa shape index (κ3) is 12.1. The Hall–Kier alpha value is -1.88. The van der Waals surface area contributed by atoms with Gasteiger partial charge in [-0.2, -0.15) is 0 Å². The molecule has 4 saturated carbocycles. The molecule has 4 fully saturated rings. The van der Waals surface area contributed by atoms with Crippen molar-refractivity contribution in [2.45, 2.75) is 193 Å². The van der Waals surface area contributed by atoms with Gasteiger partial charge in [0.1, 0.15) is 0 Å². The van der Waals surface area contributed by atoms with E-state index in [4.69, 9.17) is 4.74 Å². The van der Waals surface area contributed by atoms with E-state index in [0.717, 1.165) is 86.9 Å². The summed E-state index contributed by atoms with van der Waals surface area (Å²) in [5, 5.41) is 0. The zero-order chi connectivity index (χ0) is 38.6. The molecule has 0 heterocycles. The van der Waals surface area contributed by atoms with Gasteiger partial charge in [-0.25, -0.2) is 17.6 Å². The van der Waals surface area contributed by atoms with Crippen LogP contribution in [0.15, 0.2) is 36.4 Å². The normalized spacial score (nSPS) is 30.2. The van der Waals surface area contributed by atoms with Gasteiger partial charge in [0.15, 0.2) is 23.3 Å². The second-order valence-corrected chi connectivity index (χ2v) is 18.9. The average Bonchev–Trinajstić information content (AvgIpc) is 3.22. The molecule has 1 nitrogen and oxygen atoms in total. The molecule has 308 valence electrons. The van der Waals surface area contributed by atoms with Gasteiger partial charge in [0, 0.05) is 0 Å². The molecule has 0 spiro atoms. The van der Waals surface area contributed by atoms with E-state index in [-0.39, 0.29) is 11.8 Å². The van der Waals surface area contributed by atoms with Gasteiger partial charge in [0.25, 0.3) is 0 Å². The molecule has 0 N–H and O–H groups in total. The fourth-order valence-corrected chi connectivity index (χ4v) is 11.9. The van der Waals surface area contributed by atoms with E-state index in [0.29, 0.717) is 11.1 Å². The molecule has 4 aliphatic carbocycles. The Morgan fingerprint density at radius 2 is 0.782 bits per heavy atom. The number of hydrogen-bond acceptors (Lipinski definition) is 1. The Morgan fingerprint density at radius 1 is 0.436 bits per heavy atom. The summed E-state index contributed by atoms with van der Waals surface area (Å²) in [6, 6.07) is 8.49. The first-order valence-electron chi connectivity index (χ1n) is 23.4. The van der Waals surface area contributed by atoms with Crippen molar-refractivity contribution in [2.24, 2.45) is 47.3 Å². The number of hydrogen-bond donors (Lipinski definition) is 0. The molecule has 0 bridgehead atoms. The van der Waals surface area contributed by atoms with Crippen LogP contribution in [0.3, 0.4) is 0 Å². The molecule has 2 unspecified atom stereocenters. The summed E-state index contributed by atoms with van der Waals surface area (Å²) >= 11 is 0. The smallest absolute Gasteiger partial charge is 0.159 e. The first-order valence-corrected chi connectivity index (χ1v) is 23.4. The second kappa shape index (κ2) is 21.8. The van der Waals surface area contributed by atoms with Crippen LogP contribution in [0.2, 0.25) is 0 Å². The summed E-state index contributed by atoms with van der Waals surface area (Å²) in [5.41, 5.74) is 1.33. The third-order valence-electron chi connectivity index (χ3n) is 15.4. The van der Waals surface area contributed by atoms with E-state index in [1.807, 2.05) is 0 Å². The van der Waals surface area contributed by atoms with Crippen molar-refractivity contribution in [1.82, 2.24) is 0 Å². The minimum Gasteiger partial charge on any atom is -0.365 e. The SMILES string of the molecule is CCCCCCC1CCC(C2CCC(C(OC(c3ccc(F)c(F)c3)C3CCC(C4CCC(CCCCCC)CC4)CC3)c3ccc(F)c(F)c3)CC2)CC1. The topological polar surface area (TPSA) is 9.23 Å². The molecule has 0 amide bonds. The Labute approximate surface area is 332 Å². The summed E-state index contributed by atoms with van der Waals surface area (Å²) in [6.45, 7) is 4.56. The summed E-state index contributed by atoms with van der Waals surface area (Å²) < 4.78 is 65.6. The van der Waals surface area contributed by atoms with Crippen LogP contribution >= 0.6 is 0 Å². The minimum atomic E-state index is -0.855. The second-order valence-electron chi connectivity index (χ2n) is 18.9. The maximum absolute atomic E-state index is 14.9. The van der Waals surface area contributed by atoms with Crippen molar-refractivity contribution in [3.8, 4) is 0 Å². The first-order chi connectivity index (χ1) is 26.8. The fourth-order valence-electron chi connectivity index (χ4n) is 11.9. The average molecular weight is 767 g/mol. The highest BCUT2D eigenvalue weighted by Crippen LogP contribution is 2.50. The van der Waals surface area contributed by atoms with Crippen LogP contribution in [-0.4, -0.2) is 0 Å². The maximum atomic E-state index is 14.9. The van der Waals surface area contributed by atoms with E-state index in [1.54, 1.807) is 12.1 Å². The van der Waals surface area contributed by atoms with Gasteiger partial charge in [-0.15, -0.1) is 0 Å². The molecule has 4 aliphatic rings. The lowest BCUT2D eigenvalue weighted by atomic mass is 9.67. The van der Waals surface area contributed by atoms with Crippen molar-refractivity contribution in [3.05, 3.63) is 70.8 Å². The number of benzene rings is 2. The van der Waals surface area contributed by atoms with Crippen LogP contribution in [0.1, 0.15) is 204 Å². The van der Waals surface area contributed by atoms with Crippen molar-refractivity contribution in [1.29, 1.82) is 0 Å². The predicted octanol–water partition coefficient (Wildman–Crippen LogP) is 16.2. The van der Waals surface area contributed by atoms with Crippen LogP contribution in [-0.2, 0) is 4.74 Å². The Morgan fingerprint density at radius 3 is 1.11 bits per heavy atom. The number of unbranched alkanes of at least 4 members (excludes halogenated alkanes) is 6. The number of halogens is 4. The molecular weight excluding hydrogens is 693 g/mol. The number of ether oxygens (including phenoxy) is 1. The monoisotopic (exact) mass is 767 g/mol. The largest absolute Gasteiger partial charge is 0.365 e. The van der Waals surface area contributed by atoms with E-state index >= 15 is 0 Å². The molecule has 5 heteroatoms. The van der Waals surface area contributed by atoms with Gasteiger partial charge in [-0.1, -0.05) is 116 Å². The highest BCUT2D eigenvalue weighted by molar-refractivity contribution is 5.24. The van der Waals surface area contributed by atoms with Gasteiger partial charge in [0.05, 0.1) is 12.2 Å². The molecule has 0 saturated heterocycles.